The van der Waals surface area contributed by atoms with Gasteiger partial charge in [0, 0.05) is 22.7 Å². The molecule has 1 saturated heterocycles. The van der Waals surface area contributed by atoms with Crippen molar-refractivity contribution in [3.05, 3.63) is 69.9 Å². The van der Waals surface area contributed by atoms with Crippen LogP contribution in [0.15, 0.2) is 59.3 Å². The molecule has 0 bridgehead atoms. The fraction of sp³-hybridized carbons (Fsp3) is 0.333. The van der Waals surface area contributed by atoms with Gasteiger partial charge in [-0.25, -0.2) is 0 Å². The number of hydrogen-bond donors (Lipinski definition) is 2. The summed E-state index contributed by atoms with van der Waals surface area (Å²) >= 11 is 6.03. The van der Waals surface area contributed by atoms with Crippen LogP contribution in [0.4, 0.5) is 0 Å². The molecule has 2 N–H and O–H groups in total. The lowest BCUT2D eigenvalue weighted by atomic mass is 9.83. The molecule has 0 radical (unpaired) electrons. The van der Waals surface area contributed by atoms with E-state index in [1.54, 1.807) is 5.57 Å². The van der Waals surface area contributed by atoms with Crippen LogP contribution in [-0.4, -0.2) is 19.1 Å². The molecule has 2 atom stereocenters. The van der Waals surface area contributed by atoms with E-state index in [4.69, 9.17) is 11.6 Å². The molecule has 108 valence electrons. The van der Waals surface area contributed by atoms with Gasteiger partial charge < -0.3 is 10.6 Å². The molecule has 2 unspecified atom stereocenters. The van der Waals surface area contributed by atoms with Crippen LogP contribution in [0.25, 0.3) is 0 Å². The zero-order valence-corrected chi connectivity index (χ0v) is 12.7. The van der Waals surface area contributed by atoms with E-state index in [0.717, 1.165) is 24.5 Å². The second kappa shape index (κ2) is 5.36. The highest BCUT2D eigenvalue weighted by Crippen LogP contribution is 2.42. The summed E-state index contributed by atoms with van der Waals surface area (Å²) in [6.45, 7) is 2.18. The highest BCUT2D eigenvalue weighted by atomic mass is 35.5. The predicted molar refractivity (Wildman–Crippen MR) is 87.5 cm³/mol. The van der Waals surface area contributed by atoms with E-state index in [1.807, 2.05) is 12.1 Å². The lowest BCUT2D eigenvalue weighted by Crippen LogP contribution is -2.25. The van der Waals surface area contributed by atoms with E-state index < -0.39 is 0 Å². The summed E-state index contributed by atoms with van der Waals surface area (Å²) in [4.78, 5) is 0. The molecular formula is C18H19ClN2. The largest absolute Gasteiger partial charge is 0.378 e. The molecule has 1 aliphatic carbocycles. The third-order valence-corrected chi connectivity index (χ3v) is 4.93. The molecule has 3 aliphatic rings. The van der Waals surface area contributed by atoms with Gasteiger partial charge in [-0.1, -0.05) is 35.9 Å². The molecule has 1 fully saturated rings. The third kappa shape index (κ3) is 2.33. The number of rotatable bonds is 1. The van der Waals surface area contributed by atoms with Crippen LogP contribution in [-0.2, 0) is 0 Å². The van der Waals surface area contributed by atoms with Gasteiger partial charge in [0.2, 0.25) is 0 Å². The van der Waals surface area contributed by atoms with Crippen LogP contribution in [0, 0.1) is 0 Å². The van der Waals surface area contributed by atoms with Crippen LogP contribution >= 0.6 is 11.6 Å². The lowest BCUT2D eigenvalue weighted by molar-refractivity contribution is 0.613. The number of hydrogen-bond acceptors (Lipinski definition) is 2. The average molecular weight is 299 g/mol. The first-order chi connectivity index (χ1) is 10.3. The number of halogens is 1. The van der Waals surface area contributed by atoms with Crippen molar-refractivity contribution in [3.8, 4) is 0 Å². The van der Waals surface area contributed by atoms with Gasteiger partial charge in [0.05, 0.1) is 0 Å². The number of allylic oxidation sites excluding steroid dienone is 4. The average Bonchev–Trinajstić information content (AvgIpc) is 2.70. The predicted octanol–water partition coefficient (Wildman–Crippen LogP) is 3.53. The maximum Gasteiger partial charge on any atom is 0.0493 e. The van der Waals surface area contributed by atoms with Gasteiger partial charge in [0.25, 0.3) is 0 Å². The zero-order valence-electron chi connectivity index (χ0n) is 11.9. The van der Waals surface area contributed by atoms with Crippen LogP contribution < -0.4 is 10.6 Å². The van der Waals surface area contributed by atoms with Crippen LogP contribution in [0.3, 0.4) is 0 Å². The van der Waals surface area contributed by atoms with Gasteiger partial charge >= 0.3 is 0 Å². The minimum atomic E-state index is 0.355. The smallest absolute Gasteiger partial charge is 0.0493 e. The minimum absolute atomic E-state index is 0.355. The summed E-state index contributed by atoms with van der Waals surface area (Å²) in [5, 5.41) is 8.02. The quantitative estimate of drug-likeness (QED) is 0.829. The molecule has 3 heteroatoms. The third-order valence-electron chi connectivity index (χ3n) is 4.67. The summed E-state index contributed by atoms with van der Waals surface area (Å²) in [5.74, 6) is 0.355. The Labute approximate surface area is 130 Å². The highest BCUT2D eigenvalue weighted by Gasteiger charge is 2.34. The standard InChI is InChI=1S/C18H19ClN2/c19-13-6-4-12(5-7-13)14-2-1-3-17-18(14)15-8-10-20-11-9-16(15)21-17/h1-7,14,16,20-21H,8-11H2. The second-order valence-corrected chi connectivity index (χ2v) is 6.36. The fourth-order valence-corrected chi connectivity index (χ4v) is 3.80. The molecule has 0 amide bonds. The fourth-order valence-electron chi connectivity index (χ4n) is 3.68. The van der Waals surface area contributed by atoms with E-state index in [-0.39, 0.29) is 0 Å². The number of nitrogens with one attached hydrogen (secondary N) is 2. The van der Waals surface area contributed by atoms with Crippen LogP contribution in [0.1, 0.15) is 24.3 Å². The zero-order chi connectivity index (χ0) is 14.2. The molecule has 0 spiro atoms. The van der Waals surface area contributed by atoms with E-state index >= 15 is 0 Å². The summed E-state index contributed by atoms with van der Waals surface area (Å²) < 4.78 is 0. The van der Waals surface area contributed by atoms with Crippen molar-refractivity contribution >= 4 is 11.6 Å². The monoisotopic (exact) mass is 298 g/mol. The van der Waals surface area contributed by atoms with Gasteiger partial charge in [-0.2, -0.15) is 0 Å². The van der Waals surface area contributed by atoms with Crippen LogP contribution in [0.2, 0.25) is 5.02 Å². The Morgan fingerprint density at radius 2 is 1.95 bits per heavy atom. The molecule has 0 saturated carbocycles. The first-order valence-electron chi connectivity index (χ1n) is 7.67. The van der Waals surface area contributed by atoms with Crippen molar-refractivity contribution in [2.24, 2.45) is 0 Å². The topological polar surface area (TPSA) is 24.1 Å². The molecule has 1 aromatic carbocycles. The maximum absolute atomic E-state index is 6.03. The minimum Gasteiger partial charge on any atom is -0.378 e. The van der Waals surface area contributed by atoms with Crippen molar-refractivity contribution in [2.75, 3.05) is 13.1 Å². The molecule has 4 rings (SSSR count). The first kappa shape index (κ1) is 13.2. The van der Waals surface area contributed by atoms with E-state index in [0.29, 0.717) is 12.0 Å². The van der Waals surface area contributed by atoms with Gasteiger partial charge in [-0.15, -0.1) is 0 Å². The lowest BCUT2D eigenvalue weighted by Gasteiger charge is -2.21. The Bertz CT molecular complexity index is 640. The highest BCUT2D eigenvalue weighted by molar-refractivity contribution is 6.30. The molecule has 2 nitrogen and oxygen atoms in total. The summed E-state index contributed by atoms with van der Waals surface area (Å²) in [7, 11) is 0. The molecule has 21 heavy (non-hydrogen) atoms. The van der Waals surface area contributed by atoms with Crippen molar-refractivity contribution in [1.82, 2.24) is 10.6 Å². The number of fused-ring (bicyclic) bond motifs is 2. The SMILES string of the molecule is Clc1ccc(C2C=CC=C3NC4CCNCCC4=C32)cc1. The van der Waals surface area contributed by atoms with Gasteiger partial charge in [0.15, 0.2) is 0 Å². The van der Waals surface area contributed by atoms with E-state index in [2.05, 4.69) is 41.0 Å². The van der Waals surface area contributed by atoms with E-state index in [9.17, 15) is 0 Å². The summed E-state index contributed by atoms with van der Waals surface area (Å²) in [5.41, 5.74) is 5.73. The summed E-state index contributed by atoms with van der Waals surface area (Å²) in [6.07, 6.45) is 9.01. The molecule has 2 heterocycles. The molecular weight excluding hydrogens is 280 g/mol. The maximum atomic E-state index is 6.03. The van der Waals surface area contributed by atoms with Gasteiger partial charge in [-0.05, 0) is 60.8 Å². The second-order valence-electron chi connectivity index (χ2n) is 5.92. The number of benzene rings is 1. The van der Waals surface area contributed by atoms with Crippen molar-refractivity contribution in [1.29, 1.82) is 0 Å². The van der Waals surface area contributed by atoms with Crippen molar-refractivity contribution < 1.29 is 0 Å². The Hall–Kier alpha value is -1.51. The van der Waals surface area contributed by atoms with Gasteiger partial charge in [-0.3, -0.25) is 0 Å². The Kier molecular flexibility index (Phi) is 3.36. The molecule has 0 aromatic heterocycles. The van der Waals surface area contributed by atoms with Crippen LogP contribution in [0.5, 0.6) is 0 Å². The van der Waals surface area contributed by atoms with Crippen molar-refractivity contribution in [2.45, 2.75) is 24.8 Å². The summed E-state index contributed by atoms with van der Waals surface area (Å²) in [6, 6.07) is 8.79. The molecule has 2 aliphatic heterocycles. The normalized spacial score (nSPS) is 27.6. The Morgan fingerprint density at radius 1 is 1.10 bits per heavy atom. The Morgan fingerprint density at radius 3 is 2.81 bits per heavy atom. The molecule has 1 aromatic rings. The first-order valence-corrected chi connectivity index (χ1v) is 8.05. The van der Waals surface area contributed by atoms with Crippen molar-refractivity contribution in [3.63, 3.8) is 0 Å². The Balaban J connectivity index is 1.77. The van der Waals surface area contributed by atoms with Gasteiger partial charge in [0.1, 0.15) is 0 Å². The van der Waals surface area contributed by atoms with E-state index in [1.165, 1.54) is 23.3 Å².